The van der Waals surface area contributed by atoms with Crippen molar-refractivity contribution in [3.05, 3.63) is 111 Å². The van der Waals surface area contributed by atoms with E-state index in [9.17, 15) is 14.0 Å². The van der Waals surface area contributed by atoms with E-state index in [4.69, 9.17) is 23.2 Å². The predicted molar refractivity (Wildman–Crippen MR) is 194 cm³/mol. The number of amides is 2. The van der Waals surface area contributed by atoms with E-state index in [2.05, 4.69) is 46.8 Å². The third-order valence-electron chi connectivity index (χ3n) is 8.75. The summed E-state index contributed by atoms with van der Waals surface area (Å²) in [7, 11) is 4.01. The van der Waals surface area contributed by atoms with Gasteiger partial charge in [0.25, 0.3) is 0 Å². The first-order valence-electron chi connectivity index (χ1n) is 16.2. The van der Waals surface area contributed by atoms with Crippen molar-refractivity contribution >= 4 is 41.2 Å². The number of rotatable bonds is 9. The van der Waals surface area contributed by atoms with Crippen molar-refractivity contribution in [3.8, 4) is 0 Å². The average molecular weight is 684 g/mol. The predicted octanol–water partition coefficient (Wildman–Crippen LogP) is 7.65. The van der Waals surface area contributed by atoms with Crippen LogP contribution in [-0.2, 0) is 34.4 Å². The Morgan fingerprint density at radius 1 is 1.06 bits per heavy atom. The third kappa shape index (κ3) is 11.7. The number of carbonyl (C=O) groups excluding carboxylic acids is 2. The highest BCUT2D eigenvalue weighted by atomic mass is 35.5. The smallest absolute Gasteiger partial charge is 0.220 e. The Balaban J connectivity index is 0.000000234. The molecule has 0 saturated carbocycles. The molecule has 2 aliphatic heterocycles. The van der Waals surface area contributed by atoms with Crippen LogP contribution in [0.2, 0.25) is 5.02 Å². The van der Waals surface area contributed by atoms with Crippen LogP contribution in [0.4, 0.5) is 10.1 Å². The minimum absolute atomic E-state index is 0.0259. The lowest BCUT2D eigenvalue weighted by atomic mass is 9.74. The molecule has 0 aliphatic carbocycles. The lowest BCUT2D eigenvalue weighted by molar-refractivity contribution is -0.121. The van der Waals surface area contributed by atoms with Crippen molar-refractivity contribution in [1.29, 1.82) is 0 Å². The van der Waals surface area contributed by atoms with Crippen LogP contribution in [0.15, 0.2) is 77.8 Å². The summed E-state index contributed by atoms with van der Waals surface area (Å²) in [6, 6.07) is 21.1. The Morgan fingerprint density at radius 3 is 2.34 bits per heavy atom. The van der Waals surface area contributed by atoms with Crippen LogP contribution in [0.25, 0.3) is 0 Å². The summed E-state index contributed by atoms with van der Waals surface area (Å²) in [6.07, 6.45) is 6.62. The van der Waals surface area contributed by atoms with Gasteiger partial charge in [-0.1, -0.05) is 65.7 Å². The Hall–Kier alpha value is -3.39. The second-order valence-corrected chi connectivity index (χ2v) is 13.4. The fourth-order valence-electron chi connectivity index (χ4n) is 6.17. The number of anilines is 1. The molecule has 5 rings (SSSR count). The molecule has 1 fully saturated rings. The minimum atomic E-state index is -0.272. The molecule has 0 radical (unpaired) electrons. The number of carbonyl (C=O) groups is 2. The number of hydrogen-bond acceptors (Lipinski definition) is 4. The van der Waals surface area contributed by atoms with Gasteiger partial charge in [-0.15, -0.1) is 0 Å². The van der Waals surface area contributed by atoms with Crippen molar-refractivity contribution < 1.29 is 14.0 Å². The summed E-state index contributed by atoms with van der Waals surface area (Å²) >= 11 is 11.2. The number of fused-ring (bicyclic) bond motifs is 2. The van der Waals surface area contributed by atoms with Crippen LogP contribution in [0.3, 0.4) is 0 Å². The zero-order chi connectivity index (χ0) is 34.4. The molecule has 9 heteroatoms. The average Bonchev–Trinajstić information content (AvgIpc) is 3.33. The van der Waals surface area contributed by atoms with Crippen molar-refractivity contribution in [1.82, 2.24) is 15.5 Å². The van der Waals surface area contributed by atoms with E-state index in [1.165, 1.54) is 23.4 Å². The van der Waals surface area contributed by atoms with Crippen molar-refractivity contribution in [2.45, 2.75) is 70.9 Å². The molecule has 47 heavy (non-hydrogen) atoms. The Kier molecular flexibility index (Phi) is 15.2. The summed E-state index contributed by atoms with van der Waals surface area (Å²) in [6.45, 7) is 9.27. The summed E-state index contributed by atoms with van der Waals surface area (Å²) in [4.78, 5) is 27.2. The van der Waals surface area contributed by atoms with Crippen molar-refractivity contribution in [2.24, 2.45) is 0 Å². The van der Waals surface area contributed by atoms with E-state index in [0.29, 0.717) is 24.4 Å². The van der Waals surface area contributed by atoms with Gasteiger partial charge in [0, 0.05) is 66.8 Å². The van der Waals surface area contributed by atoms with Crippen molar-refractivity contribution in [2.75, 3.05) is 38.6 Å². The quantitative estimate of drug-likeness (QED) is 0.228. The van der Waals surface area contributed by atoms with Gasteiger partial charge in [0.2, 0.25) is 12.3 Å². The van der Waals surface area contributed by atoms with Gasteiger partial charge in [0.1, 0.15) is 5.82 Å². The summed E-state index contributed by atoms with van der Waals surface area (Å²) < 4.78 is 13.5. The number of nitrogens with zero attached hydrogens (tertiary/aromatic N) is 2. The zero-order valence-electron chi connectivity index (χ0n) is 28.3. The molecule has 2 heterocycles. The maximum atomic E-state index is 13.5. The topological polar surface area (TPSA) is 64.7 Å². The van der Waals surface area contributed by atoms with Gasteiger partial charge in [-0.2, -0.15) is 0 Å². The number of benzene rings is 3. The third-order valence-corrected chi connectivity index (χ3v) is 9.22. The van der Waals surface area contributed by atoms with Gasteiger partial charge in [-0.25, -0.2) is 4.39 Å². The second-order valence-electron chi connectivity index (χ2n) is 12.4. The summed E-state index contributed by atoms with van der Waals surface area (Å²) in [5, 5.41) is 7.61. The number of piperidine rings is 1. The van der Waals surface area contributed by atoms with Crippen LogP contribution in [0.1, 0.15) is 62.3 Å². The molecule has 254 valence electrons. The normalized spacial score (nSPS) is 15.5. The van der Waals surface area contributed by atoms with Gasteiger partial charge in [0.15, 0.2) is 0 Å². The Bertz CT molecular complexity index is 1470. The standard InChI is InChI=1S/C20H24ClFN2O.C14H18N2O.C4H7Cl/c1-14(11-15-3-7-18(21)8-4-15)24-20(25)10-6-16-12-19(22)9-5-17(16)13-23-2;1-15-10-14(6-8-16(11-17)9-7-14)12-4-2-3-5-13(12)15;1-3-4(2)5/h3-5,7-9,12,14,23H,6,10-11,13H2,1-2H3,(H,24,25);2-5,11H,6-10H2,1H3;3H,1-2H3/b;;4-3+/t14-;;/m0../s1. The summed E-state index contributed by atoms with van der Waals surface area (Å²) in [5.41, 5.74) is 6.14. The highest BCUT2D eigenvalue weighted by molar-refractivity contribution is 6.30. The first-order valence-corrected chi connectivity index (χ1v) is 17.0. The maximum Gasteiger partial charge on any atom is 0.220 e. The van der Waals surface area contributed by atoms with Gasteiger partial charge >= 0.3 is 0 Å². The van der Waals surface area contributed by atoms with E-state index in [-0.39, 0.29) is 23.2 Å². The van der Waals surface area contributed by atoms with Gasteiger partial charge in [-0.05, 0) is 106 Å². The monoisotopic (exact) mass is 682 g/mol. The number of hydrogen-bond donors (Lipinski definition) is 2. The number of para-hydroxylation sites is 1. The van der Waals surface area contributed by atoms with Crippen LogP contribution >= 0.6 is 23.2 Å². The SMILES string of the molecule is C/C=C(\C)Cl.CN1CC2(CCN(C=O)CC2)c2ccccc21.CNCc1ccc(F)cc1CCC(=O)N[C@@H](C)Cc1ccc(Cl)cc1. The highest BCUT2D eigenvalue weighted by Crippen LogP contribution is 2.46. The number of halogens is 3. The van der Waals surface area contributed by atoms with Gasteiger partial charge in [0.05, 0.1) is 0 Å². The lowest BCUT2D eigenvalue weighted by Gasteiger charge is -2.38. The highest BCUT2D eigenvalue weighted by Gasteiger charge is 2.43. The van der Waals surface area contributed by atoms with E-state index in [1.807, 2.05) is 63.1 Å². The fourth-order valence-corrected chi connectivity index (χ4v) is 6.30. The largest absolute Gasteiger partial charge is 0.373 e. The number of likely N-dealkylation sites (tertiary alicyclic amines) is 1. The molecule has 2 N–H and O–H groups in total. The van der Waals surface area contributed by atoms with Gasteiger partial charge < -0.3 is 20.4 Å². The molecule has 0 aromatic heterocycles. The van der Waals surface area contributed by atoms with E-state index in [1.54, 1.807) is 6.07 Å². The molecule has 0 bridgehead atoms. The van der Waals surface area contributed by atoms with Crippen LogP contribution in [0, 0.1) is 5.82 Å². The Morgan fingerprint density at radius 2 is 1.72 bits per heavy atom. The van der Waals surface area contributed by atoms with E-state index >= 15 is 0 Å². The minimum Gasteiger partial charge on any atom is -0.373 e. The first-order chi connectivity index (χ1) is 22.5. The molecule has 6 nitrogen and oxygen atoms in total. The molecule has 2 aliphatic rings. The lowest BCUT2D eigenvalue weighted by Crippen LogP contribution is -2.44. The van der Waals surface area contributed by atoms with Gasteiger partial charge in [-0.3, -0.25) is 9.59 Å². The summed E-state index contributed by atoms with van der Waals surface area (Å²) in [5.74, 6) is -0.299. The van der Waals surface area contributed by atoms with Crippen LogP contribution in [0.5, 0.6) is 0 Å². The molecule has 2 amide bonds. The van der Waals surface area contributed by atoms with Crippen LogP contribution in [-0.4, -0.2) is 57.0 Å². The number of likely N-dealkylation sites (N-methyl/N-ethyl adjacent to an activating group) is 1. The fraction of sp³-hybridized carbons (Fsp3) is 0.421. The van der Waals surface area contributed by atoms with E-state index in [0.717, 1.165) is 67.0 Å². The molecule has 1 atom stereocenters. The van der Waals surface area contributed by atoms with Crippen molar-refractivity contribution in [3.63, 3.8) is 0 Å². The Labute approximate surface area is 290 Å². The number of nitrogens with one attached hydrogen (secondary N) is 2. The van der Waals surface area contributed by atoms with Crippen LogP contribution < -0.4 is 15.5 Å². The molecule has 3 aromatic rings. The molecule has 1 spiro atoms. The molecule has 1 saturated heterocycles. The molecule has 0 unspecified atom stereocenters. The number of allylic oxidation sites excluding steroid dienone is 2. The number of aryl methyl sites for hydroxylation is 1. The van der Waals surface area contributed by atoms with E-state index < -0.39 is 0 Å². The molecular formula is C38H49Cl2FN4O2. The maximum absolute atomic E-state index is 13.5. The molecular weight excluding hydrogens is 634 g/mol. The molecule has 3 aromatic carbocycles. The first kappa shape index (κ1) is 38.1. The second kappa shape index (κ2) is 18.8. The zero-order valence-corrected chi connectivity index (χ0v) is 29.8.